The minimum absolute atomic E-state index is 0.0654. The molecule has 0 spiro atoms. The second kappa shape index (κ2) is 7.40. The molecule has 0 bridgehead atoms. The molecule has 1 aromatic carbocycles. The number of anilines is 1. The molecule has 3 amide bonds. The van der Waals surface area contributed by atoms with E-state index >= 15 is 0 Å². The van der Waals surface area contributed by atoms with Gasteiger partial charge in [0.05, 0.1) is 13.1 Å². The van der Waals surface area contributed by atoms with Gasteiger partial charge in [0.15, 0.2) is 0 Å². The predicted molar refractivity (Wildman–Crippen MR) is 86.3 cm³/mol. The van der Waals surface area contributed by atoms with Gasteiger partial charge < -0.3 is 16.0 Å². The largest absolute Gasteiger partial charge is 0.347 e. The van der Waals surface area contributed by atoms with Crippen LogP contribution in [0.1, 0.15) is 18.4 Å². The smallest absolute Gasteiger partial charge is 0.243 e. The van der Waals surface area contributed by atoms with Gasteiger partial charge in [0.1, 0.15) is 0 Å². The molecule has 0 aliphatic heterocycles. The summed E-state index contributed by atoms with van der Waals surface area (Å²) in [5.41, 5.74) is 1.62. The molecule has 0 aromatic heterocycles. The van der Waals surface area contributed by atoms with Gasteiger partial charge >= 0.3 is 0 Å². The summed E-state index contributed by atoms with van der Waals surface area (Å²) in [6.45, 7) is 1.65. The highest BCUT2D eigenvalue weighted by Crippen LogP contribution is 2.28. The van der Waals surface area contributed by atoms with Crippen LogP contribution in [0.15, 0.2) is 22.7 Å². The number of benzene rings is 1. The van der Waals surface area contributed by atoms with Crippen molar-refractivity contribution in [3.8, 4) is 0 Å². The van der Waals surface area contributed by atoms with Gasteiger partial charge in [-0.2, -0.15) is 0 Å². The van der Waals surface area contributed by atoms with Gasteiger partial charge in [0.25, 0.3) is 0 Å². The van der Waals surface area contributed by atoms with Crippen molar-refractivity contribution >= 4 is 39.3 Å². The summed E-state index contributed by atoms with van der Waals surface area (Å²) in [5.74, 6) is -0.724. The molecule has 6 nitrogen and oxygen atoms in total. The van der Waals surface area contributed by atoms with Crippen LogP contribution in [0.25, 0.3) is 0 Å². The number of hydrogen-bond acceptors (Lipinski definition) is 3. The monoisotopic (exact) mass is 367 g/mol. The number of hydrogen-bond donors (Lipinski definition) is 3. The SMILES string of the molecule is Cc1ccc(Br)cc1NC(=O)CNC(=O)CNC(=O)C1CC1. The zero-order chi connectivity index (χ0) is 16.1. The third-order valence-corrected chi connectivity index (χ3v) is 3.78. The highest BCUT2D eigenvalue weighted by atomic mass is 79.9. The van der Waals surface area contributed by atoms with Crippen LogP contribution in [-0.2, 0) is 14.4 Å². The zero-order valence-electron chi connectivity index (χ0n) is 12.2. The first-order valence-corrected chi connectivity index (χ1v) is 7.85. The molecule has 1 aliphatic rings. The maximum atomic E-state index is 11.8. The Morgan fingerprint density at radius 1 is 1.14 bits per heavy atom. The standard InChI is InChI=1S/C15H18BrN3O3/c1-9-2-5-11(16)6-12(9)19-14(21)8-17-13(20)7-18-15(22)10-3-4-10/h2,5-6,10H,3-4,7-8H2,1H3,(H,17,20)(H,18,22)(H,19,21). The maximum absolute atomic E-state index is 11.8. The zero-order valence-corrected chi connectivity index (χ0v) is 13.8. The molecule has 2 rings (SSSR count). The first-order valence-electron chi connectivity index (χ1n) is 7.06. The number of aryl methyl sites for hydroxylation is 1. The van der Waals surface area contributed by atoms with E-state index in [1.165, 1.54) is 0 Å². The van der Waals surface area contributed by atoms with Crippen molar-refractivity contribution in [1.82, 2.24) is 10.6 Å². The Bertz CT molecular complexity index is 600. The van der Waals surface area contributed by atoms with Gasteiger partial charge in [-0.3, -0.25) is 14.4 Å². The Hall–Kier alpha value is -1.89. The Balaban J connectivity index is 1.71. The summed E-state index contributed by atoms with van der Waals surface area (Å²) in [6, 6.07) is 5.56. The lowest BCUT2D eigenvalue weighted by Gasteiger charge is -2.10. The molecular formula is C15H18BrN3O3. The topological polar surface area (TPSA) is 87.3 Å². The van der Waals surface area contributed by atoms with Gasteiger partial charge in [-0.05, 0) is 37.5 Å². The molecule has 1 saturated carbocycles. The average Bonchev–Trinajstić information content (AvgIpc) is 3.31. The molecule has 0 unspecified atom stereocenters. The van der Waals surface area contributed by atoms with E-state index in [2.05, 4.69) is 31.9 Å². The molecule has 1 aliphatic carbocycles. The van der Waals surface area contributed by atoms with E-state index in [1.807, 2.05) is 19.1 Å². The number of rotatable bonds is 6. The molecule has 3 N–H and O–H groups in total. The molecule has 118 valence electrons. The van der Waals surface area contributed by atoms with Gasteiger partial charge in [-0.1, -0.05) is 22.0 Å². The van der Waals surface area contributed by atoms with Gasteiger partial charge in [-0.25, -0.2) is 0 Å². The Morgan fingerprint density at radius 3 is 2.50 bits per heavy atom. The average molecular weight is 368 g/mol. The van der Waals surface area contributed by atoms with Crippen molar-refractivity contribution in [3.05, 3.63) is 28.2 Å². The van der Waals surface area contributed by atoms with Gasteiger partial charge in [-0.15, -0.1) is 0 Å². The molecule has 1 fully saturated rings. The summed E-state index contributed by atoms with van der Waals surface area (Å²) in [4.78, 5) is 34.7. The fourth-order valence-electron chi connectivity index (χ4n) is 1.82. The highest BCUT2D eigenvalue weighted by molar-refractivity contribution is 9.10. The van der Waals surface area contributed by atoms with Crippen molar-refractivity contribution < 1.29 is 14.4 Å². The van der Waals surface area contributed by atoms with E-state index in [0.717, 1.165) is 22.9 Å². The number of nitrogens with one attached hydrogen (secondary N) is 3. The molecule has 7 heteroatoms. The van der Waals surface area contributed by atoms with Gasteiger partial charge in [0, 0.05) is 16.1 Å². The normalized spacial score (nSPS) is 13.4. The van der Waals surface area contributed by atoms with Crippen molar-refractivity contribution in [2.75, 3.05) is 18.4 Å². The lowest BCUT2D eigenvalue weighted by molar-refractivity contribution is -0.127. The van der Waals surface area contributed by atoms with Crippen molar-refractivity contribution in [2.45, 2.75) is 19.8 Å². The fraction of sp³-hybridized carbons (Fsp3) is 0.400. The van der Waals surface area contributed by atoms with Gasteiger partial charge in [0.2, 0.25) is 17.7 Å². The summed E-state index contributed by atoms with van der Waals surface area (Å²) in [6.07, 6.45) is 1.78. The van der Waals surface area contributed by atoms with Crippen molar-refractivity contribution in [1.29, 1.82) is 0 Å². The third kappa shape index (κ3) is 5.14. The summed E-state index contributed by atoms with van der Waals surface area (Å²) in [5, 5.41) is 7.75. The Morgan fingerprint density at radius 2 is 1.82 bits per heavy atom. The first kappa shape index (κ1) is 16.5. The number of halogens is 1. The number of amides is 3. The molecular weight excluding hydrogens is 350 g/mol. The van der Waals surface area contributed by atoms with E-state index in [4.69, 9.17) is 0 Å². The second-order valence-electron chi connectivity index (χ2n) is 5.28. The van der Waals surface area contributed by atoms with E-state index < -0.39 is 0 Å². The lowest BCUT2D eigenvalue weighted by atomic mass is 10.2. The number of carbonyl (C=O) groups excluding carboxylic acids is 3. The van der Waals surface area contributed by atoms with Crippen LogP contribution in [0.5, 0.6) is 0 Å². The second-order valence-corrected chi connectivity index (χ2v) is 6.19. The number of carbonyl (C=O) groups is 3. The third-order valence-electron chi connectivity index (χ3n) is 3.29. The van der Waals surface area contributed by atoms with Crippen LogP contribution in [-0.4, -0.2) is 30.8 Å². The van der Waals surface area contributed by atoms with Crippen LogP contribution in [0.2, 0.25) is 0 Å². The van der Waals surface area contributed by atoms with E-state index in [1.54, 1.807) is 6.07 Å². The van der Waals surface area contributed by atoms with Crippen LogP contribution >= 0.6 is 15.9 Å². The molecule has 0 saturated heterocycles. The van der Waals surface area contributed by atoms with Crippen molar-refractivity contribution in [3.63, 3.8) is 0 Å². The summed E-state index contributed by atoms with van der Waals surface area (Å²) >= 11 is 3.34. The lowest BCUT2D eigenvalue weighted by Crippen LogP contribution is -2.40. The first-order chi connectivity index (χ1) is 10.5. The van der Waals surface area contributed by atoms with Crippen LogP contribution in [0.3, 0.4) is 0 Å². The van der Waals surface area contributed by atoms with E-state index in [0.29, 0.717) is 5.69 Å². The maximum Gasteiger partial charge on any atom is 0.243 e. The molecule has 22 heavy (non-hydrogen) atoms. The quantitative estimate of drug-likeness (QED) is 0.708. The summed E-state index contributed by atoms with van der Waals surface area (Å²) in [7, 11) is 0. The molecule has 0 atom stereocenters. The predicted octanol–water partition coefficient (Wildman–Crippen LogP) is 1.34. The molecule has 0 radical (unpaired) electrons. The van der Waals surface area contributed by atoms with Crippen molar-refractivity contribution in [2.24, 2.45) is 5.92 Å². The van der Waals surface area contributed by atoms with Crippen LogP contribution in [0.4, 0.5) is 5.69 Å². The minimum Gasteiger partial charge on any atom is -0.347 e. The highest BCUT2D eigenvalue weighted by Gasteiger charge is 2.29. The Kier molecular flexibility index (Phi) is 5.54. The summed E-state index contributed by atoms with van der Waals surface area (Å²) < 4.78 is 0.861. The van der Waals surface area contributed by atoms with Crippen LogP contribution in [0, 0.1) is 12.8 Å². The molecule has 0 heterocycles. The minimum atomic E-state index is -0.380. The van der Waals surface area contributed by atoms with E-state index in [9.17, 15) is 14.4 Å². The fourth-order valence-corrected chi connectivity index (χ4v) is 2.18. The van der Waals surface area contributed by atoms with Crippen LogP contribution < -0.4 is 16.0 Å². The molecule has 1 aromatic rings. The van der Waals surface area contributed by atoms with E-state index in [-0.39, 0.29) is 36.7 Å². The Labute approximate surface area is 137 Å².